The van der Waals surface area contributed by atoms with Crippen molar-refractivity contribution in [3.05, 3.63) is 0 Å². The van der Waals surface area contributed by atoms with Crippen LogP contribution in [0.2, 0.25) is 0 Å². The molecule has 6 nitrogen and oxygen atoms in total. The number of nitrogens with one attached hydrogen (secondary N) is 2. The van der Waals surface area contributed by atoms with Gasteiger partial charge in [-0.3, -0.25) is 14.5 Å². The van der Waals surface area contributed by atoms with Crippen LogP contribution in [0.4, 0.5) is 0 Å². The molecule has 0 atom stereocenters. The van der Waals surface area contributed by atoms with Crippen LogP contribution < -0.4 is 10.6 Å². The molecule has 0 radical (unpaired) electrons. The quantitative estimate of drug-likeness (QED) is 0.660. The summed E-state index contributed by atoms with van der Waals surface area (Å²) in [4.78, 5) is 30.6. The van der Waals surface area contributed by atoms with Gasteiger partial charge in [-0.15, -0.1) is 0 Å². The van der Waals surface area contributed by atoms with E-state index in [4.69, 9.17) is 0 Å². The number of nitrogens with zero attached hydrogens (tertiary/aromatic N) is 2. The SMILES string of the molecule is CC(C)(C1=NC(=O)C2(CC2)C(=O)N1)N1CCNCC1. The average molecular weight is 264 g/mol. The molecule has 0 aromatic heterocycles. The van der Waals surface area contributed by atoms with Gasteiger partial charge in [-0.25, -0.2) is 0 Å². The lowest BCUT2D eigenvalue weighted by Gasteiger charge is -2.42. The molecule has 2 fully saturated rings. The van der Waals surface area contributed by atoms with Crippen molar-refractivity contribution in [3.63, 3.8) is 0 Å². The second kappa shape index (κ2) is 4.11. The van der Waals surface area contributed by atoms with Gasteiger partial charge >= 0.3 is 0 Å². The Morgan fingerprint density at radius 2 is 1.84 bits per heavy atom. The number of hydrogen-bond acceptors (Lipinski definition) is 4. The van der Waals surface area contributed by atoms with Crippen LogP contribution in [0.15, 0.2) is 4.99 Å². The van der Waals surface area contributed by atoms with Crippen LogP contribution >= 0.6 is 0 Å². The lowest BCUT2D eigenvalue weighted by molar-refractivity contribution is -0.135. The van der Waals surface area contributed by atoms with Crippen molar-refractivity contribution in [2.24, 2.45) is 10.4 Å². The molecule has 6 heteroatoms. The smallest absolute Gasteiger partial charge is 0.263 e. The van der Waals surface area contributed by atoms with Crippen molar-refractivity contribution >= 4 is 17.6 Å². The Labute approximate surface area is 112 Å². The van der Waals surface area contributed by atoms with Crippen molar-refractivity contribution in [2.45, 2.75) is 32.2 Å². The van der Waals surface area contributed by atoms with Crippen molar-refractivity contribution in [1.29, 1.82) is 0 Å². The fraction of sp³-hybridized carbons (Fsp3) is 0.769. The molecule has 1 saturated heterocycles. The van der Waals surface area contributed by atoms with E-state index in [1.165, 1.54) is 0 Å². The van der Waals surface area contributed by atoms with Crippen LogP contribution in [0.5, 0.6) is 0 Å². The minimum Gasteiger partial charge on any atom is -0.314 e. The Kier molecular flexibility index (Phi) is 2.76. The van der Waals surface area contributed by atoms with E-state index in [-0.39, 0.29) is 11.8 Å². The van der Waals surface area contributed by atoms with Crippen LogP contribution in [0.1, 0.15) is 26.7 Å². The van der Waals surface area contributed by atoms with Crippen molar-refractivity contribution in [3.8, 4) is 0 Å². The van der Waals surface area contributed by atoms with Gasteiger partial charge in [0.1, 0.15) is 11.3 Å². The van der Waals surface area contributed by atoms with Crippen molar-refractivity contribution < 1.29 is 9.59 Å². The van der Waals surface area contributed by atoms with Crippen LogP contribution in [0.3, 0.4) is 0 Å². The van der Waals surface area contributed by atoms with Gasteiger partial charge in [0.2, 0.25) is 5.91 Å². The summed E-state index contributed by atoms with van der Waals surface area (Å²) >= 11 is 0. The summed E-state index contributed by atoms with van der Waals surface area (Å²) in [7, 11) is 0. The molecule has 0 unspecified atom stereocenters. The zero-order chi connectivity index (χ0) is 13.7. The Hall–Kier alpha value is -1.27. The fourth-order valence-corrected chi connectivity index (χ4v) is 2.79. The molecule has 0 aromatic carbocycles. The molecule has 1 spiro atoms. The van der Waals surface area contributed by atoms with Gasteiger partial charge in [-0.05, 0) is 26.7 Å². The summed E-state index contributed by atoms with van der Waals surface area (Å²) in [5.74, 6) is 0.0853. The minimum absolute atomic E-state index is 0.161. The van der Waals surface area contributed by atoms with Gasteiger partial charge in [-0.2, -0.15) is 4.99 Å². The maximum atomic E-state index is 12.1. The number of amides is 2. The maximum Gasteiger partial charge on any atom is 0.263 e. The van der Waals surface area contributed by atoms with E-state index < -0.39 is 11.0 Å². The molecule has 0 bridgehead atoms. The van der Waals surface area contributed by atoms with Crippen LogP contribution in [-0.2, 0) is 9.59 Å². The summed E-state index contributed by atoms with van der Waals surface area (Å²) in [6.45, 7) is 7.64. The molecule has 19 heavy (non-hydrogen) atoms. The molecule has 104 valence electrons. The minimum atomic E-state index is -0.816. The second-order valence-corrected chi connectivity index (χ2v) is 6.10. The van der Waals surface area contributed by atoms with E-state index in [0.717, 1.165) is 26.2 Å². The summed E-state index contributed by atoms with van der Waals surface area (Å²) in [6, 6.07) is 0. The molecule has 0 aromatic rings. The third-order valence-corrected chi connectivity index (χ3v) is 4.53. The topological polar surface area (TPSA) is 73.8 Å². The summed E-state index contributed by atoms with van der Waals surface area (Å²) in [5.41, 5.74) is -1.23. The second-order valence-electron chi connectivity index (χ2n) is 6.10. The highest BCUT2D eigenvalue weighted by atomic mass is 16.2. The standard InChI is InChI=1S/C13H20N4O2/c1-12(2,17-7-5-14-6-8-17)9-15-10(18)13(3-4-13)11(19)16-9/h14H,3-8H2,1-2H3,(H,15,16,18,19). The first-order chi connectivity index (χ1) is 8.97. The Balaban J connectivity index is 1.84. The van der Waals surface area contributed by atoms with E-state index >= 15 is 0 Å². The Bertz CT molecular complexity index is 459. The molecule has 2 aliphatic heterocycles. The van der Waals surface area contributed by atoms with Gasteiger partial charge in [0.15, 0.2) is 0 Å². The number of piperazine rings is 1. The first-order valence-corrected chi connectivity index (χ1v) is 6.88. The molecule has 3 aliphatic rings. The maximum absolute atomic E-state index is 12.1. The first-order valence-electron chi connectivity index (χ1n) is 6.88. The monoisotopic (exact) mass is 264 g/mol. The van der Waals surface area contributed by atoms with Gasteiger partial charge in [0, 0.05) is 26.2 Å². The largest absolute Gasteiger partial charge is 0.314 e. The van der Waals surface area contributed by atoms with Gasteiger partial charge in [0.25, 0.3) is 5.91 Å². The van der Waals surface area contributed by atoms with Gasteiger partial charge in [-0.1, -0.05) is 0 Å². The number of rotatable bonds is 2. The number of carbonyl (C=O) groups excluding carboxylic acids is 2. The number of carbonyl (C=O) groups is 2. The number of hydrogen-bond donors (Lipinski definition) is 2. The van der Waals surface area contributed by atoms with Crippen molar-refractivity contribution in [2.75, 3.05) is 26.2 Å². The summed E-state index contributed by atoms with van der Waals surface area (Å²) < 4.78 is 0. The molecule has 1 saturated carbocycles. The van der Waals surface area contributed by atoms with Crippen LogP contribution in [0, 0.1) is 5.41 Å². The predicted molar refractivity (Wildman–Crippen MR) is 70.8 cm³/mol. The Morgan fingerprint density at radius 1 is 1.21 bits per heavy atom. The third kappa shape index (κ3) is 1.90. The molecule has 2 heterocycles. The highest BCUT2D eigenvalue weighted by molar-refractivity contribution is 6.22. The lowest BCUT2D eigenvalue weighted by atomic mass is 9.95. The van der Waals surface area contributed by atoms with E-state index in [1.54, 1.807) is 0 Å². The third-order valence-electron chi connectivity index (χ3n) is 4.53. The first kappa shape index (κ1) is 12.7. The Morgan fingerprint density at radius 3 is 2.37 bits per heavy atom. The molecular formula is C13H20N4O2. The van der Waals surface area contributed by atoms with E-state index in [0.29, 0.717) is 18.7 Å². The van der Waals surface area contributed by atoms with Crippen LogP contribution in [-0.4, -0.2) is 54.3 Å². The summed E-state index contributed by atoms with van der Waals surface area (Å²) in [5, 5.41) is 6.16. The zero-order valence-corrected chi connectivity index (χ0v) is 11.5. The normalized spacial score (nSPS) is 27.2. The predicted octanol–water partition coefficient (Wildman–Crippen LogP) is -0.495. The molecule has 2 amide bonds. The molecule has 1 aliphatic carbocycles. The lowest BCUT2D eigenvalue weighted by Crippen LogP contribution is -2.63. The van der Waals surface area contributed by atoms with E-state index in [9.17, 15) is 9.59 Å². The van der Waals surface area contributed by atoms with Crippen molar-refractivity contribution in [1.82, 2.24) is 15.5 Å². The highest BCUT2D eigenvalue weighted by Gasteiger charge is 2.59. The van der Waals surface area contributed by atoms with Gasteiger partial charge < -0.3 is 10.6 Å². The van der Waals surface area contributed by atoms with Crippen LogP contribution in [0.25, 0.3) is 0 Å². The highest BCUT2D eigenvalue weighted by Crippen LogP contribution is 2.48. The van der Waals surface area contributed by atoms with E-state index in [1.807, 2.05) is 13.8 Å². The summed E-state index contributed by atoms with van der Waals surface area (Å²) in [6.07, 6.45) is 1.28. The molecule has 2 N–H and O–H groups in total. The average Bonchev–Trinajstić information content (AvgIpc) is 3.18. The zero-order valence-electron chi connectivity index (χ0n) is 11.5. The van der Waals surface area contributed by atoms with Gasteiger partial charge in [0.05, 0.1) is 5.54 Å². The van der Waals surface area contributed by atoms with E-state index in [2.05, 4.69) is 20.5 Å². The molecular weight excluding hydrogens is 244 g/mol. The molecule has 3 rings (SSSR count). The number of aliphatic imine (C=N–C) groups is 1. The number of amidine groups is 1. The fourth-order valence-electron chi connectivity index (χ4n) is 2.79.